The molecule has 0 bridgehead atoms. The van der Waals surface area contributed by atoms with Gasteiger partial charge in [-0.3, -0.25) is 0 Å². The van der Waals surface area contributed by atoms with Crippen LogP contribution in [0, 0.1) is 27.7 Å². The minimum Gasteiger partial charge on any atom is -0.478 e. The average molecular weight is 455 g/mol. The van der Waals surface area contributed by atoms with E-state index < -0.39 is 11.9 Å². The van der Waals surface area contributed by atoms with E-state index in [2.05, 4.69) is 13.2 Å². The Kier molecular flexibility index (Phi) is 6.65. The third-order valence-corrected chi connectivity index (χ3v) is 6.70. The molecule has 0 saturated heterocycles. The van der Waals surface area contributed by atoms with Gasteiger partial charge in [0, 0.05) is 11.1 Å². The first-order chi connectivity index (χ1) is 15.9. The van der Waals surface area contributed by atoms with Gasteiger partial charge < -0.3 is 10.2 Å². The van der Waals surface area contributed by atoms with Crippen LogP contribution >= 0.6 is 0 Å². The molecule has 4 heteroatoms. The summed E-state index contributed by atoms with van der Waals surface area (Å²) in [5.41, 5.74) is 9.88. The number of allylic oxidation sites excluding steroid dienone is 2. The molecule has 0 fully saturated rings. The van der Waals surface area contributed by atoms with Gasteiger partial charge in [-0.25, -0.2) is 9.59 Å². The van der Waals surface area contributed by atoms with E-state index in [1.165, 1.54) is 12.1 Å². The van der Waals surface area contributed by atoms with Gasteiger partial charge in [-0.15, -0.1) is 0 Å². The highest BCUT2D eigenvalue weighted by molar-refractivity contribution is 6.09. The van der Waals surface area contributed by atoms with Gasteiger partial charge in [0.15, 0.2) is 0 Å². The largest absolute Gasteiger partial charge is 0.478 e. The van der Waals surface area contributed by atoms with Gasteiger partial charge in [0.2, 0.25) is 0 Å². The number of carbonyl (C=O) groups is 2. The Hall–Kier alpha value is -3.92. The summed E-state index contributed by atoms with van der Waals surface area (Å²) >= 11 is 0. The van der Waals surface area contributed by atoms with Gasteiger partial charge in [-0.05, 0) is 98.2 Å². The maximum atomic E-state index is 12.4. The molecular formula is C30H30O4. The van der Waals surface area contributed by atoms with Crippen LogP contribution in [0.4, 0.5) is 0 Å². The average Bonchev–Trinajstić information content (AvgIpc) is 2.76. The first-order valence-corrected chi connectivity index (χ1v) is 11.0. The van der Waals surface area contributed by atoms with Crippen molar-refractivity contribution in [1.29, 1.82) is 0 Å². The van der Waals surface area contributed by atoms with Crippen LogP contribution in [-0.4, -0.2) is 22.2 Å². The second kappa shape index (κ2) is 9.14. The molecule has 3 aromatic carbocycles. The molecule has 0 atom stereocenters. The third-order valence-electron chi connectivity index (χ3n) is 6.70. The summed E-state index contributed by atoms with van der Waals surface area (Å²) in [5.74, 6) is -2.22. The van der Waals surface area contributed by atoms with Crippen LogP contribution in [0.15, 0.2) is 49.6 Å². The number of benzene rings is 3. The molecule has 0 saturated carbocycles. The number of hydrogen-bond donors (Lipinski definition) is 2. The fourth-order valence-electron chi connectivity index (χ4n) is 4.63. The molecule has 2 N–H and O–H groups in total. The Morgan fingerprint density at radius 1 is 0.559 bits per heavy atom. The zero-order valence-electron chi connectivity index (χ0n) is 20.6. The van der Waals surface area contributed by atoms with Crippen molar-refractivity contribution >= 4 is 23.1 Å². The predicted octanol–water partition coefficient (Wildman–Crippen LogP) is 7.72. The Bertz CT molecular complexity index is 1280. The van der Waals surface area contributed by atoms with E-state index in [1.54, 1.807) is 0 Å². The van der Waals surface area contributed by atoms with Crippen LogP contribution < -0.4 is 0 Å². The minimum atomic E-state index is -1.11. The standard InChI is InChI=1S/C30H30O4/c1-15(2)21-9-11-23(19(7)17(21)5)27-25(29(31)32)13-14-26(30(33)34)28(27)24-12-10-22(16(3)4)18(6)20(24)8/h9-14H,1,3H2,2,4-8H3,(H,31,32)(H,33,34). The van der Waals surface area contributed by atoms with Crippen LogP contribution in [0.25, 0.3) is 33.4 Å². The highest BCUT2D eigenvalue weighted by Gasteiger charge is 2.26. The molecule has 0 heterocycles. The molecule has 0 aromatic heterocycles. The Morgan fingerprint density at radius 3 is 1.12 bits per heavy atom. The molecule has 3 aromatic rings. The molecule has 0 spiro atoms. The quantitative estimate of drug-likeness (QED) is 0.400. The monoisotopic (exact) mass is 454 g/mol. The van der Waals surface area contributed by atoms with Crippen LogP contribution in [0.5, 0.6) is 0 Å². The predicted molar refractivity (Wildman–Crippen MR) is 140 cm³/mol. The molecule has 0 aliphatic rings. The van der Waals surface area contributed by atoms with Crippen molar-refractivity contribution in [3.63, 3.8) is 0 Å². The second-order valence-electron chi connectivity index (χ2n) is 8.90. The van der Waals surface area contributed by atoms with Crippen LogP contribution in [0.3, 0.4) is 0 Å². The molecule has 174 valence electrons. The molecule has 3 rings (SSSR count). The van der Waals surface area contributed by atoms with E-state index in [0.29, 0.717) is 22.3 Å². The van der Waals surface area contributed by atoms with Crippen molar-refractivity contribution in [3.8, 4) is 22.3 Å². The Balaban J connectivity index is 2.56. The van der Waals surface area contributed by atoms with Crippen molar-refractivity contribution in [1.82, 2.24) is 0 Å². The zero-order chi connectivity index (χ0) is 25.5. The van der Waals surface area contributed by atoms with Crippen molar-refractivity contribution in [2.45, 2.75) is 41.5 Å². The van der Waals surface area contributed by atoms with Crippen molar-refractivity contribution in [3.05, 3.63) is 94.1 Å². The lowest BCUT2D eigenvalue weighted by molar-refractivity contribution is 0.0682. The molecule has 0 amide bonds. The first-order valence-electron chi connectivity index (χ1n) is 11.0. The lowest BCUT2D eigenvalue weighted by Gasteiger charge is -2.22. The lowest BCUT2D eigenvalue weighted by Crippen LogP contribution is -2.09. The van der Waals surface area contributed by atoms with Gasteiger partial charge in [-0.1, -0.05) is 48.6 Å². The summed E-state index contributed by atoms with van der Waals surface area (Å²) in [7, 11) is 0. The zero-order valence-corrected chi connectivity index (χ0v) is 20.6. The smallest absolute Gasteiger partial charge is 0.336 e. The Morgan fingerprint density at radius 2 is 0.853 bits per heavy atom. The number of rotatable bonds is 6. The molecule has 0 aliphatic carbocycles. The second-order valence-corrected chi connectivity index (χ2v) is 8.90. The van der Waals surface area contributed by atoms with E-state index in [1.807, 2.05) is 65.8 Å². The molecule has 4 nitrogen and oxygen atoms in total. The van der Waals surface area contributed by atoms with Crippen molar-refractivity contribution < 1.29 is 19.8 Å². The summed E-state index contributed by atoms with van der Waals surface area (Å²) in [5, 5.41) is 20.2. The molecule has 34 heavy (non-hydrogen) atoms. The van der Waals surface area contributed by atoms with Gasteiger partial charge in [0.05, 0.1) is 11.1 Å². The van der Waals surface area contributed by atoms with Crippen molar-refractivity contribution in [2.75, 3.05) is 0 Å². The van der Waals surface area contributed by atoms with E-state index in [-0.39, 0.29) is 11.1 Å². The van der Waals surface area contributed by atoms with Crippen molar-refractivity contribution in [2.24, 2.45) is 0 Å². The minimum absolute atomic E-state index is 0.0617. The molecule has 0 unspecified atom stereocenters. The summed E-state index contributed by atoms with van der Waals surface area (Å²) in [6, 6.07) is 10.4. The molecular weight excluding hydrogens is 424 g/mol. The SMILES string of the molecule is C=C(C)c1ccc(-c2c(C(=O)O)ccc(C(=O)O)c2-c2ccc(C(=C)C)c(C)c2C)c(C)c1C. The Labute approximate surface area is 200 Å². The molecule has 0 aliphatic heterocycles. The van der Waals surface area contributed by atoms with Crippen LogP contribution in [-0.2, 0) is 0 Å². The third kappa shape index (κ3) is 4.08. The van der Waals surface area contributed by atoms with Crippen LogP contribution in [0.2, 0.25) is 0 Å². The number of carboxylic acid groups (broad SMARTS) is 2. The maximum Gasteiger partial charge on any atom is 0.336 e. The normalized spacial score (nSPS) is 10.8. The number of hydrogen-bond acceptors (Lipinski definition) is 2. The van der Waals surface area contributed by atoms with E-state index in [0.717, 1.165) is 44.5 Å². The lowest BCUT2D eigenvalue weighted by atomic mass is 9.81. The van der Waals surface area contributed by atoms with E-state index in [9.17, 15) is 19.8 Å². The number of carboxylic acids is 2. The maximum absolute atomic E-state index is 12.4. The van der Waals surface area contributed by atoms with Gasteiger partial charge >= 0.3 is 11.9 Å². The van der Waals surface area contributed by atoms with Gasteiger partial charge in [0.25, 0.3) is 0 Å². The summed E-state index contributed by atoms with van der Waals surface area (Å²) in [6.07, 6.45) is 0. The fourth-order valence-corrected chi connectivity index (χ4v) is 4.63. The van der Waals surface area contributed by atoms with Gasteiger partial charge in [-0.2, -0.15) is 0 Å². The highest BCUT2D eigenvalue weighted by Crippen LogP contribution is 2.43. The summed E-state index contributed by atoms with van der Waals surface area (Å²) < 4.78 is 0. The topological polar surface area (TPSA) is 74.6 Å². The van der Waals surface area contributed by atoms with Crippen LogP contribution in [0.1, 0.15) is 67.9 Å². The molecule has 0 radical (unpaired) electrons. The van der Waals surface area contributed by atoms with E-state index in [4.69, 9.17) is 0 Å². The van der Waals surface area contributed by atoms with Gasteiger partial charge in [0.1, 0.15) is 0 Å². The number of aromatic carboxylic acids is 2. The summed E-state index contributed by atoms with van der Waals surface area (Å²) in [4.78, 5) is 24.7. The van der Waals surface area contributed by atoms with E-state index >= 15 is 0 Å². The fraction of sp³-hybridized carbons (Fsp3) is 0.200. The highest BCUT2D eigenvalue weighted by atomic mass is 16.4. The first kappa shape index (κ1) is 24.7. The summed E-state index contributed by atoms with van der Waals surface area (Å²) in [6.45, 7) is 19.8.